The smallest absolute Gasteiger partial charge is 0.219 e. The fourth-order valence-corrected chi connectivity index (χ4v) is 2.20. The first-order valence-electron chi connectivity index (χ1n) is 6.81. The standard InChI is InChI=1S/C13H24N2O3/c1-2-13(17)15-10-5-7-11(8-6-10)18-9-3-4-12(14)16/h10-11H,2-9H2,1H3,(H2,14,16)(H,15,17). The van der Waals surface area contributed by atoms with Gasteiger partial charge in [-0.1, -0.05) is 6.92 Å². The summed E-state index contributed by atoms with van der Waals surface area (Å²) in [5, 5.41) is 3.02. The number of ether oxygens (including phenoxy) is 1. The van der Waals surface area contributed by atoms with Crippen molar-refractivity contribution in [3.8, 4) is 0 Å². The second kappa shape index (κ2) is 8.08. The lowest BCUT2D eigenvalue weighted by molar-refractivity contribution is -0.122. The van der Waals surface area contributed by atoms with E-state index in [1.54, 1.807) is 0 Å². The molecule has 5 nitrogen and oxygen atoms in total. The van der Waals surface area contributed by atoms with Gasteiger partial charge in [0.2, 0.25) is 11.8 Å². The Balaban J connectivity index is 2.08. The van der Waals surface area contributed by atoms with Gasteiger partial charge in [0.25, 0.3) is 0 Å². The van der Waals surface area contributed by atoms with E-state index in [2.05, 4.69) is 5.32 Å². The van der Waals surface area contributed by atoms with Gasteiger partial charge in [-0.2, -0.15) is 0 Å². The summed E-state index contributed by atoms with van der Waals surface area (Å²) < 4.78 is 5.69. The highest BCUT2D eigenvalue weighted by molar-refractivity contribution is 5.75. The molecule has 2 amide bonds. The Labute approximate surface area is 108 Å². The van der Waals surface area contributed by atoms with Crippen LogP contribution < -0.4 is 11.1 Å². The maximum absolute atomic E-state index is 11.3. The Bertz CT molecular complexity index is 273. The fourth-order valence-electron chi connectivity index (χ4n) is 2.20. The largest absolute Gasteiger partial charge is 0.378 e. The normalized spacial score (nSPS) is 23.6. The molecule has 1 aliphatic rings. The van der Waals surface area contributed by atoms with Crippen molar-refractivity contribution in [1.82, 2.24) is 5.32 Å². The van der Waals surface area contributed by atoms with Gasteiger partial charge in [-0.3, -0.25) is 9.59 Å². The van der Waals surface area contributed by atoms with Crippen LogP contribution in [-0.2, 0) is 14.3 Å². The van der Waals surface area contributed by atoms with Gasteiger partial charge in [-0.25, -0.2) is 0 Å². The second-order valence-electron chi connectivity index (χ2n) is 4.84. The van der Waals surface area contributed by atoms with Crippen LogP contribution in [0.4, 0.5) is 0 Å². The molecule has 0 heterocycles. The van der Waals surface area contributed by atoms with E-state index in [-0.39, 0.29) is 17.9 Å². The van der Waals surface area contributed by atoms with Gasteiger partial charge in [-0.05, 0) is 32.1 Å². The molecule has 3 N–H and O–H groups in total. The molecule has 5 heteroatoms. The zero-order valence-corrected chi connectivity index (χ0v) is 11.1. The summed E-state index contributed by atoms with van der Waals surface area (Å²) >= 11 is 0. The highest BCUT2D eigenvalue weighted by atomic mass is 16.5. The molecule has 0 aromatic rings. The third kappa shape index (κ3) is 6.00. The number of hydrogen-bond donors (Lipinski definition) is 2. The van der Waals surface area contributed by atoms with Crippen molar-refractivity contribution in [2.75, 3.05) is 6.61 Å². The Morgan fingerprint density at radius 3 is 2.50 bits per heavy atom. The Morgan fingerprint density at radius 1 is 1.28 bits per heavy atom. The highest BCUT2D eigenvalue weighted by Crippen LogP contribution is 2.21. The summed E-state index contributed by atoms with van der Waals surface area (Å²) in [6.07, 6.45) is 5.81. The van der Waals surface area contributed by atoms with Crippen LogP contribution in [0, 0.1) is 0 Å². The first-order chi connectivity index (χ1) is 8.61. The van der Waals surface area contributed by atoms with E-state index in [1.807, 2.05) is 6.92 Å². The Hall–Kier alpha value is -1.10. The molecule has 1 rings (SSSR count). The second-order valence-corrected chi connectivity index (χ2v) is 4.84. The number of carbonyl (C=O) groups excluding carboxylic acids is 2. The maximum atomic E-state index is 11.3. The molecular weight excluding hydrogens is 232 g/mol. The zero-order chi connectivity index (χ0) is 13.4. The first kappa shape index (κ1) is 15.0. The molecule has 0 aliphatic heterocycles. The molecule has 0 radical (unpaired) electrons. The molecule has 104 valence electrons. The lowest BCUT2D eigenvalue weighted by atomic mass is 9.93. The van der Waals surface area contributed by atoms with Gasteiger partial charge < -0.3 is 15.8 Å². The molecule has 0 bridgehead atoms. The van der Waals surface area contributed by atoms with E-state index in [9.17, 15) is 9.59 Å². The predicted molar refractivity (Wildman–Crippen MR) is 68.9 cm³/mol. The molecule has 0 saturated heterocycles. The number of amides is 2. The first-order valence-corrected chi connectivity index (χ1v) is 6.81. The van der Waals surface area contributed by atoms with Gasteiger partial charge in [0.05, 0.1) is 6.10 Å². The minimum Gasteiger partial charge on any atom is -0.378 e. The maximum Gasteiger partial charge on any atom is 0.219 e. The van der Waals surface area contributed by atoms with E-state index in [0.717, 1.165) is 25.7 Å². The molecule has 1 fully saturated rings. The van der Waals surface area contributed by atoms with E-state index >= 15 is 0 Å². The topological polar surface area (TPSA) is 81.4 Å². The number of nitrogens with two attached hydrogens (primary N) is 1. The number of hydrogen-bond acceptors (Lipinski definition) is 3. The summed E-state index contributed by atoms with van der Waals surface area (Å²) in [5.41, 5.74) is 5.05. The Kier molecular flexibility index (Phi) is 6.72. The average Bonchev–Trinajstić information content (AvgIpc) is 2.36. The van der Waals surface area contributed by atoms with Crippen molar-refractivity contribution in [2.24, 2.45) is 5.73 Å². The van der Waals surface area contributed by atoms with Crippen molar-refractivity contribution in [2.45, 2.75) is 64.0 Å². The third-order valence-corrected chi connectivity index (χ3v) is 3.28. The minimum atomic E-state index is -0.274. The molecule has 1 saturated carbocycles. The molecule has 0 unspecified atom stereocenters. The van der Waals surface area contributed by atoms with Crippen LogP contribution in [-0.4, -0.2) is 30.6 Å². The van der Waals surface area contributed by atoms with E-state index in [1.165, 1.54) is 0 Å². The van der Waals surface area contributed by atoms with E-state index in [4.69, 9.17) is 10.5 Å². The average molecular weight is 256 g/mol. The van der Waals surface area contributed by atoms with Crippen LogP contribution in [0.1, 0.15) is 51.9 Å². The molecule has 0 aromatic heterocycles. The van der Waals surface area contributed by atoms with Gasteiger partial charge in [0.1, 0.15) is 0 Å². The van der Waals surface area contributed by atoms with Crippen LogP contribution >= 0.6 is 0 Å². The van der Waals surface area contributed by atoms with Crippen molar-refractivity contribution < 1.29 is 14.3 Å². The van der Waals surface area contributed by atoms with Crippen molar-refractivity contribution in [3.63, 3.8) is 0 Å². The minimum absolute atomic E-state index is 0.126. The molecule has 0 atom stereocenters. The summed E-state index contributed by atoms with van der Waals surface area (Å²) in [7, 11) is 0. The number of carbonyl (C=O) groups is 2. The fraction of sp³-hybridized carbons (Fsp3) is 0.846. The molecular formula is C13H24N2O3. The van der Waals surface area contributed by atoms with E-state index < -0.39 is 0 Å². The lowest BCUT2D eigenvalue weighted by Gasteiger charge is -2.29. The van der Waals surface area contributed by atoms with Crippen LogP contribution in [0.25, 0.3) is 0 Å². The van der Waals surface area contributed by atoms with Gasteiger partial charge >= 0.3 is 0 Å². The third-order valence-electron chi connectivity index (χ3n) is 3.28. The van der Waals surface area contributed by atoms with Crippen molar-refractivity contribution in [3.05, 3.63) is 0 Å². The highest BCUT2D eigenvalue weighted by Gasteiger charge is 2.22. The van der Waals surface area contributed by atoms with Crippen LogP contribution in [0.5, 0.6) is 0 Å². The molecule has 0 spiro atoms. The summed E-state index contributed by atoms with van der Waals surface area (Å²) in [4.78, 5) is 21.8. The molecule has 18 heavy (non-hydrogen) atoms. The SMILES string of the molecule is CCC(=O)NC1CCC(OCCCC(N)=O)CC1. The zero-order valence-electron chi connectivity index (χ0n) is 11.1. The quantitative estimate of drug-likeness (QED) is 0.669. The summed E-state index contributed by atoms with van der Waals surface area (Å²) in [6.45, 7) is 2.46. The summed E-state index contributed by atoms with van der Waals surface area (Å²) in [5.74, 6) is -0.148. The number of rotatable bonds is 7. The monoisotopic (exact) mass is 256 g/mol. The molecule has 0 aromatic carbocycles. The Morgan fingerprint density at radius 2 is 1.94 bits per heavy atom. The van der Waals surface area contributed by atoms with Crippen molar-refractivity contribution in [1.29, 1.82) is 0 Å². The van der Waals surface area contributed by atoms with Crippen LogP contribution in [0.15, 0.2) is 0 Å². The van der Waals surface area contributed by atoms with Gasteiger partial charge in [0.15, 0.2) is 0 Å². The van der Waals surface area contributed by atoms with Gasteiger partial charge in [-0.15, -0.1) is 0 Å². The van der Waals surface area contributed by atoms with Crippen molar-refractivity contribution >= 4 is 11.8 Å². The number of primary amides is 1. The van der Waals surface area contributed by atoms with Gasteiger partial charge in [0, 0.05) is 25.5 Å². The molecule has 1 aliphatic carbocycles. The van der Waals surface area contributed by atoms with Crippen LogP contribution in [0.2, 0.25) is 0 Å². The predicted octanol–water partition coefficient (Wildman–Crippen LogP) is 1.11. The lowest BCUT2D eigenvalue weighted by Crippen LogP contribution is -2.38. The van der Waals surface area contributed by atoms with Crippen LogP contribution in [0.3, 0.4) is 0 Å². The summed E-state index contributed by atoms with van der Waals surface area (Å²) in [6, 6.07) is 0.308. The van der Waals surface area contributed by atoms with E-state index in [0.29, 0.717) is 31.9 Å². The number of nitrogens with one attached hydrogen (secondary N) is 1.